The lowest BCUT2D eigenvalue weighted by Crippen LogP contribution is -2.43. The second kappa shape index (κ2) is 7.19. The van der Waals surface area contributed by atoms with Crippen LogP contribution >= 0.6 is 15.9 Å². The highest BCUT2D eigenvalue weighted by Gasteiger charge is 2.21. The van der Waals surface area contributed by atoms with E-state index in [4.69, 9.17) is 0 Å². The number of hydrogen-bond acceptors (Lipinski definition) is 5. The Morgan fingerprint density at radius 2 is 2.20 bits per heavy atom. The van der Waals surface area contributed by atoms with E-state index in [9.17, 15) is 9.90 Å². The van der Waals surface area contributed by atoms with E-state index in [2.05, 4.69) is 26.3 Å². The van der Waals surface area contributed by atoms with Gasteiger partial charge in [-0.3, -0.25) is 4.79 Å². The number of nitrogens with zero attached hydrogens (tertiary/aromatic N) is 3. The first-order valence-electron chi connectivity index (χ1n) is 6.63. The summed E-state index contributed by atoms with van der Waals surface area (Å²) in [6.45, 7) is 5.20. The number of nitrogens with one attached hydrogen (secondary N) is 1. The summed E-state index contributed by atoms with van der Waals surface area (Å²) < 4.78 is 1.87. The maximum absolute atomic E-state index is 12.0. The lowest BCUT2D eigenvalue weighted by molar-refractivity contribution is 0.0459. The summed E-state index contributed by atoms with van der Waals surface area (Å²) in [6.07, 6.45) is 2.45. The summed E-state index contributed by atoms with van der Waals surface area (Å²) in [5.41, 5.74) is -0.452. The van der Waals surface area contributed by atoms with Crippen molar-refractivity contribution in [2.45, 2.75) is 32.4 Å². The van der Waals surface area contributed by atoms with Gasteiger partial charge < -0.3 is 15.3 Å². The molecule has 0 aromatic carbocycles. The average molecular weight is 347 g/mol. The number of aliphatic hydroxyl groups is 1. The molecule has 0 spiro atoms. The standard InChI is InChI=1S/C13H23BrN4O2/c1-5-6-18-12(19)11(14)10(7-16-18)15-8-13(2,20)9-17(3)4/h7,15,20H,5-6,8-9H2,1-4H3. The minimum absolute atomic E-state index is 0.163. The Morgan fingerprint density at radius 1 is 1.55 bits per heavy atom. The van der Waals surface area contributed by atoms with Gasteiger partial charge in [0.15, 0.2) is 0 Å². The van der Waals surface area contributed by atoms with E-state index in [0.29, 0.717) is 29.8 Å². The van der Waals surface area contributed by atoms with Gasteiger partial charge >= 0.3 is 0 Å². The van der Waals surface area contributed by atoms with Gasteiger partial charge in [0.05, 0.1) is 17.5 Å². The molecular formula is C13H23BrN4O2. The quantitative estimate of drug-likeness (QED) is 0.774. The molecule has 1 rings (SSSR count). The van der Waals surface area contributed by atoms with Crippen molar-refractivity contribution in [3.8, 4) is 0 Å². The van der Waals surface area contributed by atoms with Gasteiger partial charge in [0.2, 0.25) is 0 Å². The average Bonchev–Trinajstić information content (AvgIpc) is 2.33. The summed E-state index contributed by atoms with van der Waals surface area (Å²) >= 11 is 3.29. The number of hydrogen-bond donors (Lipinski definition) is 2. The first-order valence-corrected chi connectivity index (χ1v) is 7.42. The molecule has 0 saturated carbocycles. The summed E-state index contributed by atoms with van der Waals surface area (Å²) in [4.78, 5) is 13.9. The Kier molecular flexibility index (Phi) is 6.16. The molecule has 1 atom stereocenters. The highest BCUT2D eigenvalue weighted by Crippen LogP contribution is 2.17. The van der Waals surface area contributed by atoms with Crippen molar-refractivity contribution in [2.24, 2.45) is 0 Å². The molecule has 7 heteroatoms. The highest BCUT2D eigenvalue weighted by molar-refractivity contribution is 9.10. The van der Waals surface area contributed by atoms with E-state index in [-0.39, 0.29) is 5.56 Å². The zero-order chi connectivity index (χ0) is 15.3. The lowest BCUT2D eigenvalue weighted by atomic mass is 10.1. The third-order valence-electron chi connectivity index (χ3n) is 2.74. The minimum atomic E-state index is -0.888. The second-order valence-electron chi connectivity index (χ2n) is 5.49. The van der Waals surface area contributed by atoms with Gasteiger partial charge in [-0.25, -0.2) is 4.68 Å². The number of halogens is 1. The SMILES string of the molecule is CCCn1ncc(NCC(C)(O)CN(C)C)c(Br)c1=O. The fourth-order valence-corrected chi connectivity index (χ4v) is 2.43. The molecule has 1 heterocycles. The molecule has 114 valence electrons. The van der Waals surface area contributed by atoms with Crippen molar-refractivity contribution < 1.29 is 5.11 Å². The largest absolute Gasteiger partial charge is 0.387 e. The third-order valence-corrected chi connectivity index (χ3v) is 3.50. The number of rotatable bonds is 7. The fraction of sp³-hybridized carbons (Fsp3) is 0.692. The first-order chi connectivity index (χ1) is 9.26. The van der Waals surface area contributed by atoms with Gasteiger partial charge in [0, 0.05) is 19.6 Å². The van der Waals surface area contributed by atoms with Crippen LogP contribution in [-0.2, 0) is 6.54 Å². The second-order valence-corrected chi connectivity index (χ2v) is 6.28. The van der Waals surface area contributed by atoms with Crippen LogP contribution in [0.15, 0.2) is 15.5 Å². The number of aromatic nitrogens is 2. The molecule has 0 fully saturated rings. The van der Waals surface area contributed by atoms with Crippen LogP contribution in [0.1, 0.15) is 20.3 Å². The molecule has 2 N–H and O–H groups in total. The van der Waals surface area contributed by atoms with Crippen LogP contribution < -0.4 is 10.9 Å². The number of aryl methyl sites for hydroxylation is 1. The van der Waals surface area contributed by atoms with Crippen LogP contribution in [0.2, 0.25) is 0 Å². The van der Waals surface area contributed by atoms with Crippen molar-refractivity contribution >= 4 is 21.6 Å². The Hall–Kier alpha value is -0.920. The molecule has 0 amide bonds. The van der Waals surface area contributed by atoms with Crippen molar-refractivity contribution in [1.29, 1.82) is 0 Å². The smallest absolute Gasteiger partial charge is 0.283 e. The maximum Gasteiger partial charge on any atom is 0.283 e. The van der Waals surface area contributed by atoms with Crippen LogP contribution in [0.5, 0.6) is 0 Å². The molecule has 0 aliphatic rings. The monoisotopic (exact) mass is 346 g/mol. The van der Waals surface area contributed by atoms with Crippen LogP contribution in [0.3, 0.4) is 0 Å². The molecular weight excluding hydrogens is 324 g/mol. The van der Waals surface area contributed by atoms with Crippen LogP contribution in [0.4, 0.5) is 5.69 Å². The predicted molar refractivity (Wildman–Crippen MR) is 84.2 cm³/mol. The van der Waals surface area contributed by atoms with Gasteiger partial charge in [-0.1, -0.05) is 6.92 Å². The highest BCUT2D eigenvalue weighted by atomic mass is 79.9. The zero-order valence-corrected chi connectivity index (χ0v) is 14.1. The van der Waals surface area contributed by atoms with Crippen LogP contribution in [0.25, 0.3) is 0 Å². The fourth-order valence-electron chi connectivity index (χ4n) is 1.98. The summed E-state index contributed by atoms with van der Waals surface area (Å²) in [5, 5.41) is 17.4. The van der Waals surface area contributed by atoms with Crippen molar-refractivity contribution in [3.05, 3.63) is 21.0 Å². The lowest BCUT2D eigenvalue weighted by Gasteiger charge is -2.27. The summed E-state index contributed by atoms with van der Waals surface area (Å²) in [6, 6.07) is 0. The van der Waals surface area contributed by atoms with Crippen LogP contribution in [0, 0.1) is 0 Å². The summed E-state index contributed by atoms with van der Waals surface area (Å²) in [5.74, 6) is 0. The molecule has 6 nitrogen and oxygen atoms in total. The maximum atomic E-state index is 12.0. The molecule has 1 aromatic heterocycles. The van der Waals surface area contributed by atoms with E-state index in [1.54, 1.807) is 13.1 Å². The number of anilines is 1. The molecule has 0 saturated heterocycles. The zero-order valence-electron chi connectivity index (χ0n) is 12.5. The van der Waals surface area contributed by atoms with E-state index in [0.717, 1.165) is 6.42 Å². The van der Waals surface area contributed by atoms with Crippen molar-refractivity contribution in [3.63, 3.8) is 0 Å². The van der Waals surface area contributed by atoms with Crippen LogP contribution in [-0.4, -0.2) is 52.6 Å². The van der Waals surface area contributed by atoms with E-state index >= 15 is 0 Å². The van der Waals surface area contributed by atoms with E-state index in [1.807, 2.05) is 25.9 Å². The predicted octanol–water partition coefficient (Wildman–Crippen LogP) is 1.14. The van der Waals surface area contributed by atoms with E-state index < -0.39 is 5.60 Å². The Bertz CT molecular complexity index is 500. The van der Waals surface area contributed by atoms with Gasteiger partial charge in [0.25, 0.3) is 5.56 Å². The normalized spacial score (nSPS) is 14.3. The van der Waals surface area contributed by atoms with Gasteiger partial charge in [0.1, 0.15) is 4.47 Å². The van der Waals surface area contributed by atoms with Crippen molar-refractivity contribution in [2.75, 3.05) is 32.5 Å². The molecule has 1 unspecified atom stereocenters. The van der Waals surface area contributed by atoms with Gasteiger partial charge in [-0.2, -0.15) is 5.10 Å². The number of likely N-dealkylation sites (N-methyl/N-ethyl adjacent to an activating group) is 1. The van der Waals surface area contributed by atoms with Gasteiger partial charge in [-0.15, -0.1) is 0 Å². The van der Waals surface area contributed by atoms with Crippen molar-refractivity contribution in [1.82, 2.24) is 14.7 Å². The first kappa shape index (κ1) is 17.1. The molecule has 1 aromatic rings. The summed E-state index contributed by atoms with van der Waals surface area (Å²) in [7, 11) is 3.80. The minimum Gasteiger partial charge on any atom is -0.387 e. The Balaban J connectivity index is 2.79. The molecule has 0 aliphatic carbocycles. The third kappa shape index (κ3) is 4.88. The topological polar surface area (TPSA) is 70.4 Å². The molecule has 20 heavy (non-hydrogen) atoms. The molecule has 0 aliphatic heterocycles. The molecule has 0 radical (unpaired) electrons. The Labute approximate surface area is 127 Å². The van der Waals surface area contributed by atoms with E-state index in [1.165, 1.54) is 4.68 Å². The molecule has 0 bridgehead atoms. The Morgan fingerprint density at radius 3 is 2.75 bits per heavy atom. The van der Waals surface area contributed by atoms with Gasteiger partial charge in [-0.05, 0) is 43.4 Å².